The first kappa shape index (κ1) is 23.5. The van der Waals surface area contributed by atoms with E-state index < -0.39 is 5.25 Å². The Morgan fingerprint density at radius 2 is 1.76 bits per heavy atom. The maximum atomic E-state index is 13.1. The molecule has 1 fully saturated rings. The minimum Gasteiger partial charge on any atom is -0.325 e. The predicted octanol–water partition coefficient (Wildman–Crippen LogP) is 6.31. The number of hydrogen-bond donors (Lipinski definition) is 1. The molecule has 0 saturated carbocycles. The van der Waals surface area contributed by atoms with Crippen molar-refractivity contribution in [2.24, 2.45) is 4.99 Å². The summed E-state index contributed by atoms with van der Waals surface area (Å²) in [5, 5.41) is 3.55. The highest BCUT2D eigenvalue weighted by molar-refractivity contribution is 9.10. The monoisotopic (exact) mass is 541 g/mol. The Morgan fingerprint density at radius 3 is 2.45 bits per heavy atom. The third-order valence-corrected chi connectivity index (χ3v) is 7.03. The topological polar surface area (TPSA) is 61.8 Å². The standard InChI is InChI=1S/C25H21BrClN3O2S/c26-18-8-12-21(13-9-18)28-24(32)22-16-23(31)30(15-14-17-6-10-19(27)11-7-17)25(33-22)29-20-4-2-1-3-5-20/h1-13,22H,14-16H2,(H,28,32). The van der Waals surface area contributed by atoms with Gasteiger partial charge in [0, 0.05) is 28.1 Å². The number of aliphatic imine (C=N–C) groups is 1. The van der Waals surface area contributed by atoms with Gasteiger partial charge in [-0.25, -0.2) is 4.99 Å². The molecule has 1 N–H and O–H groups in total. The van der Waals surface area contributed by atoms with Crippen LogP contribution in [0.4, 0.5) is 11.4 Å². The van der Waals surface area contributed by atoms with Gasteiger partial charge in [-0.05, 0) is 60.5 Å². The van der Waals surface area contributed by atoms with Crippen molar-refractivity contribution in [2.75, 3.05) is 11.9 Å². The molecule has 3 aromatic carbocycles. The number of para-hydroxylation sites is 1. The molecule has 0 spiro atoms. The molecule has 4 rings (SSSR count). The summed E-state index contributed by atoms with van der Waals surface area (Å²) in [6.07, 6.45) is 0.772. The van der Waals surface area contributed by atoms with E-state index in [0.29, 0.717) is 28.8 Å². The molecule has 1 aliphatic heterocycles. The van der Waals surface area contributed by atoms with Gasteiger partial charge < -0.3 is 5.32 Å². The van der Waals surface area contributed by atoms with Crippen LogP contribution in [-0.2, 0) is 16.0 Å². The van der Waals surface area contributed by atoms with E-state index in [4.69, 9.17) is 16.6 Å². The van der Waals surface area contributed by atoms with Gasteiger partial charge in [-0.1, -0.05) is 69.6 Å². The van der Waals surface area contributed by atoms with Crippen LogP contribution in [0.3, 0.4) is 0 Å². The van der Waals surface area contributed by atoms with E-state index in [-0.39, 0.29) is 18.2 Å². The van der Waals surface area contributed by atoms with Crippen LogP contribution < -0.4 is 5.32 Å². The summed E-state index contributed by atoms with van der Waals surface area (Å²) in [7, 11) is 0. The van der Waals surface area contributed by atoms with E-state index in [1.54, 1.807) is 4.90 Å². The first-order valence-corrected chi connectivity index (χ1v) is 12.4. The summed E-state index contributed by atoms with van der Waals surface area (Å²) in [6, 6.07) is 24.4. The lowest BCUT2D eigenvalue weighted by molar-refractivity contribution is -0.129. The molecule has 0 bridgehead atoms. The zero-order valence-electron chi connectivity index (χ0n) is 17.6. The fourth-order valence-corrected chi connectivity index (χ4v) is 4.84. The maximum absolute atomic E-state index is 13.1. The van der Waals surface area contributed by atoms with E-state index in [1.807, 2.05) is 78.9 Å². The number of thioether (sulfide) groups is 1. The number of nitrogens with zero attached hydrogens (tertiary/aromatic N) is 2. The average molecular weight is 543 g/mol. The van der Waals surface area contributed by atoms with E-state index in [2.05, 4.69) is 21.2 Å². The molecule has 5 nitrogen and oxygen atoms in total. The molecular formula is C25H21BrClN3O2S. The van der Waals surface area contributed by atoms with Crippen molar-refractivity contribution in [3.63, 3.8) is 0 Å². The highest BCUT2D eigenvalue weighted by atomic mass is 79.9. The molecule has 33 heavy (non-hydrogen) atoms. The number of benzene rings is 3. The Bertz CT molecular complexity index is 1150. The molecule has 8 heteroatoms. The van der Waals surface area contributed by atoms with Gasteiger partial charge in [0.1, 0.15) is 5.25 Å². The molecule has 1 heterocycles. The zero-order valence-corrected chi connectivity index (χ0v) is 20.7. The quantitative estimate of drug-likeness (QED) is 0.397. The molecule has 2 amide bonds. The van der Waals surface area contributed by atoms with Gasteiger partial charge >= 0.3 is 0 Å². The van der Waals surface area contributed by atoms with Gasteiger partial charge in [0.15, 0.2) is 5.17 Å². The maximum Gasteiger partial charge on any atom is 0.238 e. The van der Waals surface area contributed by atoms with Gasteiger partial charge in [0.05, 0.1) is 5.69 Å². The molecule has 0 aromatic heterocycles. The van der Waals surface area contributed by atoms with Crippen LogP contribution in [0.5, 0.6) is 0 Å². The first-order chi connectivity index (χ1) is 16.0. The second-order valence-corrected chi connectivity index (χ2v) is 9.98. The second-order valence-electron chi connectivity index (χ2n) is 7.46. The summed E-state index contributed by atoms with van der Waals surface area (Å²) in [5.74, 6) is -0.331. The summed E-state index contributed by atoms with van der Waals surface area (Å²) >= 11 is 10.7. The van der Waals surface area contributed by atoms with E-state index in [1.165, 1.54) is 11.8 Å². The molecule has 0 aliphatic carbocycles. The Morgan fingerprint density at radius 1 is 1.06 bits per heavy atom. The summed E-state index contributed by atoms with van der Waals surface area (Å²) in [5.41, 5.74) is 2.49. The summed E-state index contributed by atoms with van der Waals surface area (Å²) < 4.78 is 0.927. The van der Waals surface area contributed by atoms with E-state index >= 15 is 0 Å². The molecule has 0 radical (unpaired) electrons. The molecular weight excluding hydrogens is 522 g/mol. The highest BCUT2D eigenvalue weighted by Crippen LogP contribution is 2.30. The molecule has 1 saturated heterocycles. The van der Waals surface area contributed by atoms with Crippen LogP contribution in [0.15, 0.2) is 88.3 Å². The Balaban J connectivity index is 1.52. The normalized spacial score (nSPS) is 17.3. The van der Waals surface area contributed by atoms with Gasteiger partial charge in [-0.2, -0.15) is 0 Å². The molecule has 168 valence electrons. The SMILES string of the molecule is O=C(Nc1ccc(Br)cc1)C1CC(=O)N(CCc2ccc(Cl)cc2)C(=Nc2ccccc2)S1. The number of carbonyl (C=O) groups excluding carboxylic acids is 2. The molecule has 1 aliphatic rings. The zero-order chi connectivity index (χ0) is 23.2. The Hall–Kier alpha value is -2.61. The Kier molecular flexibility index (Phi) is 7.85. The predicted molar refractivity (Wildman–Crippen MR) is 139 cm³/mol. The number of halogens is 2. The lowest BCUT2D eigenvalue weighted by Gasteiger charge is -2.32. The van der Waals surface area contributed by atoms with Crippen molar-refractivity contribution < 1.29 is 9.59 Å². The largest absolute Gasteiger partial charge is 0.325 e. The van der Waals surface area contributed by atoms with Crippen molar-refractivity contribution in [2.45, 2.75) is 18.1 Å². The minimum absolute atomic E-state index is 0.113. The lowest BCUT2D eigenvalue weighted by Crippen LogP contribution is -2.46. The van der Waals surface area contributed by atoms with Crippen LogP contribution in [0.25, 0.3) is 0 Å². The van der Waals surface area contributed by atoms with E-state index in [9.17, 15) is 9.59 Å². The fourth-order valence-electron chi connectivity index (χ4n) is 3.32. The van der Waals surface area contributed by atoms with Crippen LogP contribution >= 0.6 is 39.3 Å². The lowest BCUT2D eigenvalue weighted by atomic mass is 10.1. The van der Waals surface area contributed by atoms with Crippen LogP contribution in [0.2, 0.25) is 5.02 Å². The third-order valence-electron chi connectivity index (χ3n) is 5.06. The number of carbonyl (C=O) groups is 2. The number of amidine groups is 1. The third kappa shape index (κ3) is 6.47. The summed E-state index contributed by atoms with van der Waals surface area (Å²) in [6.45, 7) is 0.472. The van der Waals surface area contributed by atoms with Gasteiger partial charge in [0.2, 0.25) is 11.8 Å². The van der Waals surface area contributed by atoms with Crippen molar-refractivity contribution in [1.29, 1.82) is 0 Å². The Labute approximate surface area is 210 Å². The first-order valence-electron chi connectivity index (χ1n) is 10.4. The number of nitrogens with one attached hydrogen (secondary N) is 1. The van der Waals surface area contributed by atoms with Crippen molar-refractivity contribution >= 4 is 67.6 Å². The highest BCUT2D eigenvalue weighted by Gasteiger charge is 2.35. The number of anilines is 1. The van der Waals surface area contributed by atoms with Crippen molar-refractivity contribution in [3.05, 3.63) is 93.9 Å². The minimum atomic E-state index is -0.560. The van der Waals surface area contributed by atoms with Crippen LogP contribution in [-0.4, -0.2) is 33.7 Å². The number of amides is 2. The molecule has 3 aromatic rings. The fraction of sp³-hybridized carbons (Fsp3) is 0.160. The molecule has 1 atom stereocenters. The van der Waals surface area contributed by atoms with Crippen molar-refractivity contribution in [1.82, 2.24) is 4.90 Å². The van der Waals surface area contributed by atoms with Gasteiger partial charge in [-0.15, -0.1) is 0 Å². The smallest absolute Gasteiger partial charge is 0.238 e. The van der Waals surface area contributed by atoms with E-state index in [0.717, 1.165) is 15.7 Å². The summed E-state index contributed by atoms with van der Waals surface area (Å²) in [4.78, 5) is 32.4. The molecule has 1 unspecified atom stereocenters. The van der Waals surface area contributed by atoms with Crippen LogP contribution in [0, 0.1) is 0 Å². The van der Waals surface area contributed by atoms with Crippen molar-refractivity contribution in [3.8, 4) is 0 Å². The number of rotatable bonds is 6. The van der Waals surface area contributed by atoms with Gasteiger partial charge in [0.25, 0.3) is 0 Å². The average Bonchev–Trinajstić information content (AvgIpc) is 2.81. The van der Waals surface area contributed by atoms with Crippen LogP contribution in [0.1, 0.15) is 12.0 Å². The van der Waals surface area contributed by atoms with Gasteiger partial charge in [-0.3, -0.25) is 14.5 Å². The number of hydrogen-bond acceptors (Lipinski definition) is 4. The second kappa shape index (κ2) is 11.0.